The van der Waals surface area contributed by atoms with Crippen LogP contribution in [0.3, 0.4) is 0 Å². The monoisotopic (exact) mass is 391 g/mol. The highest BCUT2D eigenvalue weighted by atomic mass is 16.5. The van der Waals surface area contributed by atoms with Crippen LogP contribution in [0.1, 0.15) is 30.5 Å². The van der Waals surface area contributed by atoms with Crippen molar-refractivity contribution in [1.29, 1.82) is 0 Å². The van der Waals surface area contributed by atoms with Crippen molar-refractivity contribution < 1.29 is 4.74 Å². The second-order valence-electron chi connectivity index (χ2n) is 6.61. The molecule has 0 saturated carbocycles. The molecule has 1 aromatic heterocycles. The van der Waals surface area contributed by atoms with Crippen molar-refractivity contribution in [3.05, 3.63) is 83.7 Å². The van der Waals surface area contributed by atoms with Gasteiger partial charge in [0, 0.05) is 31.0 Å². The number of nitrogens with one attached hydrogen (secondary N) is 2. The summed E-state index contributed by atoms with van der Waals surface area (Å²) in [6.45, 7) is 7.54. The largest absolute Gasteiger partial charge is 0.494 e. The lowest BCUT2D eigenvalue weighted by atomic mass is 10.1. The van der Waals surface area contributed by atoms with Crippen molar-refractivity contribution in [2.24, 2.45) is 4.99 Å². The van der Waals surface area contributed by atoms with Crippen LogP contribution in [0.25, 0.3) is 0 Å². The zero-order valence-corrected chi connectivity index (χ0v) is 17.1. The third-order valence-corrected chi connectivity index (χ3v) is 4.38. The summed E-state index contributed by atoms with van der Waals surface area (Å²) in [4.78, 5) is 4.74. The van der Waals surface area contributed by atoms with Crippen molar-refractivity contribution in [2.45, 2.75) is 33.5 Å². The number of ether oxygens (including phenoxy) is 1. The van der Waals surface area contributed by atoms with Crippen LogP contribution in [0.5, 0.6) is 5.75 Å². The second kappa shape index (κ2) is 10.9. The predicted molar refractivity (Wildman–Crippen MR) is 117 cm³/mol. The summed E-state index contributed by atoms with van der Waals surface area (Å²) in [5.74, 6) is 1.70. The zero-order chi connectivity index (χ0) is 20.3. The first kappa shape index (κ1) is 20.5. The van der Waals surface area contributed by atoms with Gasteiger partial charge >= 0.3 is 0 Å². The molecule has 0 radical (unpaired) electrons. The lowest BCUT2D eigenvalue weighted by Gasteiger charge is -2.14. The van der Waals surface area contributed by atoms with Gasteiger partial charge in [0.15, 0.2) is 5.96 Å². The molecule has 2 aromatic carbocycles. The molecule has 0 bridgehead atoms. The van der Waals surface area contributed by atoms with Gasteiger partial charge in [-0.1, -0.05) is 42.5 Å². The maximum atomic E-state index is 5.71. The summed E-state index contributed by atoms with van der Waals surface area (Å²) in [7, 11) is 0. The zero-order valence-electron chi connectivity index (χ0n) is 17.1. The van der Waals surface area contributed by atoms with E-state index in [-0.39, 0.29) is 0 Å². The topological polar surface area (TPSA) is 63.5 Å². The molecule has 0 spiro atoms. The number of rotatable bonds is 9. The molecule has 0 saturated heterocycles. The summed E-state index contributed by atoms with van der Waals surface area (Å²) in [6, 6.07) is 18.5. The van der Waals surface area contributed by atoms with Crippen molar-refractivity contribution in [3.63, 3.8) is 0 Å². The third kappa shape index (κ3) is 6.38. The lowest BCUT2D eigenvalue weighted by Crippen LogP contribution is -2.36. The van der Waals surface area contributed by atoms with Crippen LogP contribution in [0.2, 0.25) is 0 Å². The highest BCUT2D eigenvalue weighted by Gasteiger charge is 2.04. The van der Waals surface area contributed by atoms with Gasteiger partial charge in [0.25, 0.3) is 0 Å². The van der Waals surface area contributed by atoms with Crippen LogP contribution in [0, 0.1) is 0 Å². The summed E-state index contributed by atoms with van der Waals surface area (Å²) in [5, 5.41) is 11.0. The fraction of sp³-hybridized carbons (Fsp3) is 0.304. The van der Waals surface area contributed by atoms with Gasteiger partial charge < -0.3 is 15.4 Å². The maximum Gasteiger partial charge on any atom is 0.191 e. The Kier molecular flexibility index (Phi) is 7.69. The van der Waals surface area contributed by atoms with Crippen molar-refractivity contribution in [3.8, 4) is 5.75 Å². The average molecular weight is 392 g/mol. The number of nitrogens with zero attached hydrogens (tertiary/aromatic N) is 3. The molecule has 6 nitrogen and oxygen atoms in total. The Labute approximate surface area is 172 Å². The van der Waals surface area contributed by atoms with Crippen LogP contribution in [0.15, 0.2) is 72.0 Å². The smallest absolute Gasteiger partial charge is 0.191 e. The van der Waals surface area contributed by atoms with Gasteiger partial charge in [0.2, 0.25) is 0 Å². The Morgan fingerprint density at radius 2 is 1.90 bits per heavy atom. The minimum atomic E-state index is 0.607. The highest BCUT2D eigenvalue weighted by Crippen LogP contribution is 2.17. The number of hydrogen-bond donors (Lipinski definition) is 2. The first-order chi connectivity index (χ1) is 14.3. The molecule has 0 unspecified atom stereocenters. The number of aromatic nitrogens is 2. The molecule has 0 aliphatic carbocycles. The molecule has 0 aliphatic rings. The van der Waals surface area contributed by atoms with E-state index in [1.807, 2.05) is 42.1 Å². The SMILES string of the molecule is CCNC(=NCc1cccc(Cn2cccn2)c1)NCc1ccccc1OCC. The molecule has 1 heterocycles. The van der Waals surface area contributed by atoms with Gasteiger partial charge in [-0.3, -0.25) is 4.68 Å². The van der Waals surface area contributed by atoms with Gasteiger partial charge in [-0.15, -0.1) is 0 Å². The van der Waals surface area contributed by atoms with E-state index in [1.165, 1.54) is 11.1 Å². The Bertz CT molecular complexity index is 905. The first-order valence-corrected chi connectivity index (χ1v) is 10.1. The summed E-state index contributed by atoms with van der Waals surface area (Å²) in [5.41, 5.74) is 3.49. The molecule has 0 amide bonds. The molecule has 2 N–H and O–H groups in total. The van der Waals surface area contributed by atoms with E-state index in [0.29, 0.717) is 19.7 Å². The minimum Gasteiger partial charge on any atom is -0.494 e. The molecule has 0 atom stereocenters. The van der Waals surface area contributed by atoms with Crippen LogP contribution >= 0.6 is 0 Å². The van der Waals surface area contributed by atoms with Crippen LogP contribution < -0.4 is 15.4 Å². The lowest BCUT2D eigenvalue weighted by molar-refractivity contribution is 0.336. The van der Waals surface area contributed by atoms with E-state index in [2.05, 4.69) is 53.0 Å². The van der Waals surface area contributed by atoms with Gasteiger partial charge in [-0.25, -0.2) is 4.99 Å². The second-order valence-corrected chi connectivity index (χ2v) is 6.61. The van der Waals surface area contributed by atoms with Crippen molar-refractivity contribution >= 4 is 5.96 Å². The van der Waals surface area contributed by atoms with E-state index >= 15 is 0 Å². The van der Waals surface area contributed by atoms with E-state index in [9.17, 15) is 0 Å². The third-order valence-electron chi connectivity index (χ3n) is 4.38. The fourth-order valence-corrected chi connectivity index (χ4v) is 3.04. The Morgan fingerprint density at radius 1 is 1.03 bits per heavy atom. The first-order valence-electron chi connectivity index (χ1n) is 10.1. The normalized spacial score (nSPS) is 11.3. The van der Waals surface area contributed by atoms with Gasteiger partial charge in [0.05, 0.1) is 19.7 Å². The van der Waals surface area contributed by atoms with Crippen molar-refractivity contribution in [2.75, 3.05) is 13.2 Å². The van der Waals surface area contributed by atoms with Gasteiger partial charge in [-0.05, 0) is 37.1 Å². The van der Waals surface area contributed by atoms with Gasteiger partial charge in [0.1, 0.15) is 5.75 Å². The van der Waals surface area contributed by atoms with Crippen LogP contribution in [-0.2, 0) is 19.6 Å². The Hall–Kier alpha value is -3.28. The number of aliphatic imine (C=N–C) groups is 1. The molecular formula is C23H29N5O. The van der Waals surface area contributed by atoms with Gasteiger partial charge in [-0.2, -0.15) is 5.10 Å². The number of guanidine groups is 1. The molecule has 6 heteroatoms. The minimum absolute atomic E-state index is 0.607. The molecule has 0 fully saturated rings. The summed E-state index contributed by atoms with van der Waals surface area (Å²) >= 11 is 0. The standard InChI is InChI=1S/C23H29N5O/c1-3-24-23(26-17-21-11-5-6-12-22(21)29-4-2)25-16-19-9-7-10-20(15-19)18-28-14-8-13-27-28/h5-15H,3-4,16-18H2,1-2H3,(H2,24,25,26). The molecule has 29 heavy (non-hydrogen) atoms. The van der Waals surface area contributed by atoms with E-state index in [4.69, 9.17) is 9.73 Å². The molecule has 3 aromatic rings. The molecular weight excluding hydrogens is 362 g/mol. The quantitative estimate of drug-likeness (QED) is 0.432. The van der Waals surface area contributed by atoms with E-state index in [1.54, 1.807) is 6.20 Å². The van der Waals surface area contributed by atoms with Crippen molar-refractivity contribution in [1.82, 2.24) is 20.4 Å². The maximum absolute atomic E-state index is 5.71. The number of benzene rings is 2. The molecule has 152 valence electrons. The Morgan fingerprint density at radius 3 is 2.69 bits per heavy atom. The summed E-state index contributed by atoms with van der Waals surface area (Å²) in [6.07, 6.45) is 3.77. The van der Waals surface area contributed by atoms with Crippen LogP contribution in [-0.4, -0.2) is 28.9 Å². The Balaban J connectivity index is 1.63. The summed E-state index contributed by atoms with van der Waals surface area (Å²) < 4.78 is 7.63. The van der Waals surface area contributed by atoms with E-state index < -0.39 is 0 Å². The highest BCUT2D eigenvalue weighted by molar-refractivity contribution is 5.79. The number of hydrogen-bond acceptors (Lipinski definition) is 3. The van der Waals surface area contributed by atoms with Crippen LogP contribution in [0.4, 0.5) is 0 Å². The average Bonchev–Trinajstić information content (AvgIpc) is 3.24. The molecule has 0 aliphatic heterocycles. The van der Waals surface area contributed by atoms with E-state index in [0.717, 1.165) is 30.4 Å². The predicted octanol–water partition coefficient (Wildman–Crippen LogP) is 3.59. The molecule has 3 rings (SSSR count). The fourth-order valence-electron chi connectivity index (χ4n) is 3.04. The number of para-hydroxylation sites is 1.